The van der Waals surface area contributed by atoms with E-state index in [-0.39, 0.29) is 5.91 Å². The lowest BCUT2D eigenvalue weighted by molar-refractivity contribution is 0.0252. The van der Waals surface area contributed by atoms with E-state index < -0.39 is 5.60 Å². The van der Waals surface area contributed by atoms with Crippen molar-refractivity contribution >= 4 is 5.91 Å². The first-order valence-corrected chi connectivity index (χ1v) is 6.67. The molecule has 1 saturated heterocycles. The number of hydrogen-bond acceptors (Lipinski definition) is 3. The number of hydrogen-bond donors (Lipinski definition) is 2. The maximum Gasteiger partial charge on any atom is 0.253 e. The lowest BCUT2D eigenvalue weighted by Crippen LogP contribution is -2.45. The van der Waals surface area contributed by atoms with Crippen molar-refractivity contribution in [2.45, 2.75) is 25.9 Å². The molecule has 0 aromatic heterocycles. The van der Waals surface area contributed by atoms with Gasteiger partial charge >= 0.3 is 0 Å². The molecule has 1 atom stereocenters. The molecule has 1 aromatic carbocycles. The monoisotopic (exact) mass is 262 g/mol. The first-order chi connectivity index (χ1) is 8.91. The molecule has 1 aliphatic heterocycles. The van der Waals surface area contributed by atoms with Gasteiger partial charge in [0.2, 0.25) is 0 Å². The zero-order valence-electron chi connectivity index (χ0n) is 11.9. The molecule has 104 valence electrons. The van der Waals surface area contributed by atoms with Crippen molar-refractivity contribution < 1.29 is 9.90 Å². The average molecular weight is 262 g/mol. The van der Waals surface area contributed by atoms with Gasteiger partial charge in [0.25, 0.3) is 5.91 Å². The standard InChI is InChI=1S/C15H22N2O2/c1-11-4-5-13(12(2)8-11)14(18)17(3)10-15(19)6-7-16-9-15/h4-5,8,16,19H,6-7,9-10H2,1-3H3. The number of β-amino-alcohol motifs (C(OH)–C–C–N with tert-alkyl or cyclic N) is 1. The smallest absolute Gasteiger partial charge is 0.253 e. The second-order valence-corrected chi connectivity index (χ2v) is 5.63. The molecule has 1 fully saturated rings. The number of carbonyl (C=O) groups is 1. The molecule has 1 aliphatic rings. The molecule has 1 aromatic rings. The van der Waals surface area contributed by atoms with E-state index in [1.807, 2.05) is 32.0 Å². The van der Waals surface area contributed by atoms with Crippen molar-refractivity contribution in [2.75, 3.05) is 26.7 Å². The summed E-state index contributed by atoms with van der Waals surface area (Å²) in [6, 6.07) is 5.81. The van der Waals surface area contributed by atoms with Gasteiger partial charge in [0, 0.05) is 19.2 Å². The fraction of sp³-hybridized carbons (Fsp3) is 0.533. The third kappa shape index (κ3) is 3.14. The van der Waals surface area contributed by atoms with Gasteiger partial charge in [-0.3, -0.25) is 4.79 Å². The van der Waals surface area contributed by atoms with Gasteiger partial charge in [-0.2, -0.15) is 0 Å². The van der Waals surface area contributed by atoms with Crippen LogP contribution in [0.15, 0.2) is 18.2 Å². The zero-order chi connectivity index (χ0) is 14.0. The summed E-state index contributed by atoms with van der Waals surface area (Å²) >= 11 is 0. The van der Waals surface area contributed by atoms with Crippen LogP contribution in [0, 0.1) is 13.8 Å². The van der Waals surface area contributed by atoms with Gasteiger partial charge in [-0.25, -0.2) is 0 Å². The number of nitrogens with one attached hydrogen (secondary N) is 1. The summed E-state index contributed by atoms with van der Waals surface area (Å²) in [4.78, 5) is 14.0. The second-order valence-electron chi connectivity index (χ2n) is 5.63. The molecule has 4 heteroatoms. The van der Waals surface area contributed by atoms with Crippen LogP contribution in [0.4, 0.5) is 0 Å². The maximum absolute atomic E-state index is 12.4. The number of aryl methyl sites for hydroxylation is 2. The number of nitrogens with zero attached hydrogens (tertiary/aromatic N) is 1. The van der Waals surface area contributed by atoms with Gasteiger partial charge in [-0.1, -0.05) is 17.7 Å². The fourth-order valence-corrected chi connectivity index (χ4v) is 2.64. The van der Waals surface area contributed by atoms with Crippen LogP contribution in [0.2, 0.25) is 0 Å². The van der Waals surface area contributed by atoms with Gasteiger partial charge in [0.05, 0.1) is 12.1 Å². The molecule has 0 aliphatic carbocycles. The van der Waals surface area contributed by atoms with Crippen LogP contribution in [0.5, 0.6) is 0 Å². The molecular formula is C15H22N2O2. The van der Waals surface area contributed by atoms with Gasteiger partial charge < -0.3 is 15.3 Å². The van der Waals surface area contributed by atoms with Crippen LogP contribution in [0.25, 0.3) is 0 Å². The Morgan fingerprint density at radius 3 is 2.79 bits per heavy atom. The van der Waals surface area contributed by atoms with E-state index in [0.717, 1.165) is 17.7 Å². The number of benzene rings is 1. The summed E-state index contributed by atoms with van der Waals surface area (Å²) in [6.45, 7) is 5.68. The molecule has 4 nitrogen and oxygen atoms in total. The minimum Gasteiger partial charge on any atom is -0.387 e. The molecule has 2 N–H and O–H groups in total. The van der Waals surface area contributed by atoms with Crippen LogP contribution in [-0.2, 0) is 0 Å². The van der Waals surface area contributed by atoms with Gasteiger partial charge in [0.15, 0.2) is 0 Å². The van der Waals surface area contributed by atoms with Gasteiger partial charge in [0.1, 0.15) is 0 Å². The molecular weight excluding hydrogens is 240 g/mol. The van der Waals surface area contributed by atoms with Gasteiger partial charge in [-0.05, 0) is 38.4 Å². The Labute approximate surface area is 114 Å². The normalized spacial score (nSPS) is 22.5. The first-order valence-electron chi connectivity index (χ1n) is 6.67. The van der Waals surface area contributed by atoms with Crippen molar-refractivity contribution in [2.24, 2.45) is 0 Å². The zero-order valence-corrected chi connectivity index (χ0v) is 11.9. The highest BCUT2D eigenvalue weighted by Gasteiger charge is 2.33. The van der Waals surface area contributed by atoms with Crippen LogP contribution >= 0.6 is 0 Å². The predicted octanol–water partition coefficient (Wildman–Crippen LogP) is 1.10. The number of likely N-dealkylation sites (N-methyl/N-ethyl adjacent to an activating group) is 1. The maximum atomic E-state index is 12.4. The van der Waals surface area contributed by atoms with Crippen LogP contribution < -0.4 is 5.32 Å². The highest BCUT2D eigenvalue weighted by Crippen LogP contribution is 2.18. The predicted molar refractivity (Wildman–Crippen MR) is 75.3 cm³/mol. The van der Waals surface area contributed by atoms with E-state index in [0.29, 0.717) is 25.1 Å². The molecule has 0 spiro atoms. The molecule has 0 radical (unpaired) electrons. The SMILES string of the molecule is Cc1ccc(C(=O)N(C)CC2(O)CCNC2)c(C)c1. The third-order valence-electron chi connectivity index (χ3n) is 3.71. The largest absolute Gasteiger partial charge is 0.387 e. The Morgan fingerprint density at radius 2 is 2.21 bits per heavy atom. The van der Waals surface area contributed by atoms with Crippen molar-refractivity contribution in [3.05, 3.63) is 34.9 Å². The highest BCUT2D eigenvalue weighted by molar-refractivity contribution is 5.95. The Bertz CT molecular complexity index is 479. The molecule has 0 saturated carbocycles. The van der Waals surface area contributed by atoms with Crippen LogP contribution in [0.1, 0.15) is 27.9 Å². The van der Waals surface area contributed by atoms with E-state index in [9.17, 15) is 9.90 Å². The Kier molecular flexibility index (Phi) is 3.92. The quantitative estimate of drug-likeness (QED) is 0.857. The molecule has 2 rings (SSSR count). The van der Waals surface area contributed by atoms with E-state index in [4.69, 9.17) is 0 Å². The van der Waals surface area contributed by atoms with Crippen LogP contribution in [-0.4, -0.2) is 48.2 Å². The molecule has 19 heavy (non-hydrogen) atoms. The van der Waals surface area contributed by atoms with Crippen molar-refractivity contribution in [1.29, 1.82) is 0 Å². The summed E-state index contributed by atoms with van der Waals surface area (Å²) in [5.41, 5.74) is 2.05. The van der Waals surface area contributed by atoms with E-state index in [1.54, 1.807) is 11.9 Å². The Hall–Kier alpha value is -1.39. The van der Waals surface area contributed by atoms with Crippen molar-refractivity contribution in [3.63, 3.8) is 0 Å². The molecule has 0 bridgehead atoms. The summed E-state index contributed by atoms with van der Waals surface area (Å²) < 4.78 is 0. The lowest BCUT2D eigenvalue weighted by atomic mass is 10.0. The Morgan fingerprint density at radius 1 is 1.47 bits per heavy atom. The van der Waals surface area contributed by atoms with E-state index >= 15 is 0 Å². The summed E-state index contributed by atoms with van der Waals surface area (Å²) in [7, 11) is 1.75. The minimum absolute atomic E-state index is 0.0298. The highest BCUT2D eigenvalue weighted by atomic mass is 16.3. The molecule has 1 heterocycles. The number of amides is 1. The topological polar surface area (TPSA) is 52.6 Å². The number of carbonyl (C=O) groups excluding carboxylic acids is 1. The minimum atomic E-state index is -0.789. The van der Waals surface area contributed by atoms with Crippen molar-refractivity contribution in [1.82, 2.24) is 10.2 Å². The molecule has 1 amide bonds. The number of rotatable bonds is 3. The number of aliphatic hydroxyl groups is 1. The lowest BCUT2D eigenvalue weighted by Gasteiger charge is -2.28. The van der Waals surface area contributed by atoms with Gasteiger partial charge in [-0.15, -0.1) is 0 Å². The van der Waals surface area contributed by atoms with Crippen molar-refractivity contribution in [3.8, 4) is 0 Å². The van der Waals surface area contributed by atoms with E-state index in [2.05, 4.69) is 5.32 Å². The summed E-state index contributed by atoms with van der Waals surface area (Å²) in [5, 5.41) is 13.4. The fourth-order valence-electron chi connectivity index (χ4n) is 2.64. The Balaban J connectivity index is 2.10. The second kappa shape index (κ2) is 5.31. The third-order valence-corrected chi connectivity index (χ3v) is 3.71. The summed E-state index contributed by atoms with van der Waals surface area (Å²) in [5.74, 6) is -0.0298. The summed E-state index contributed by atoms with van der Waals surface area (Å²) in [6.07, 6.45) is 0.692. The van der Waals surface area contributed by atoms with E-state index in [1.165, 1.54) is 0 Å². The first kappa shape index (κ1) is 14.0. The van der Waals surface area contributed by atoms with Crippen LogP contribution in [0.3, 0.4) is 0 Å². The average Bonchev–Trinajstić information content (AvgIpc) is 2.75. The molecule has 1 unspecified atom stereocenters.